The molecule has 0 unspecified atom stereocenters. The molecule has 2 N–H and O–H groups in total. The van der Waals surface area contributed by atoms with E-state index in [0.717, 1.165) is 0 Å². The van der Waals surface area contributed by atoms with Gasteiger partial charge in [-0.3, -0.25) is 9.59 Å². The summed E-state index contributed by atoms with van der Waals surface area (Å²) in [5, 5.41) is 0.595. The fourth-order valence-corrected chi connectivity index (χ4v) is 1.36. The van der Waals surface area contributed by atoms with Crippen LogP contribution in [0.2, 0.25) is 0 Å². The topological polar surface area (TPSA) is 60.2 Å². The van der Waals surface area contributed by atoms with Crippen molar-refractivity contribution >= 4 is 45.0 Å². The molecule has 0 aliphatic rings. The molecule has 6 heteroatoms. The predicted octanol–water partition coefficient (Wildman–Crippen LogP) is 2.36. The molecule has 0 atom stereocenters. The third-order valence-corrected chi connectivity index (χ3v) is 3.02. The van der Waals surface area contributed by atoms with E-state index in [9.17, 15) is 9.59 Å². The second-order valence-corrected chi connectivity index (χ2v) is 4.39. The minimum Gasteiger partial charge on any atom is -0.326 e. The van der Waals surface area contributed by atoms with Crippen molar-refractivity contribution in [1.82, 2.24) is 0 Å². The van der Waals surface area contributed by atoms with Crippen LogP contribution in [0.15, 0.2) is 17.5 Å². The Morgan fingerprint density at radius 3 is 2.13 bits per heavy atom. The van der Waals surface area contributed by atoms with E-state index in [2.05, 4.69) is 0 Å². The molecule has 15 heavy (non-hydrogen) atoms. The molecule has 0 saturated carbocycles. The summed E-state index contributed by atoms with van der Waals surface area (Å²) in [6, 6.07) is 4.04. The van der Waals surface area contributed by atoms with Gasteiger partial charge in [0, 0.05) is 11.4 Å². The number of carbonyl (C=O) groups is 2. The van der Waals surface area contributed by atoms with Crippen molar-refractivity contribution < 1.29 is 9.59 Å². The highest BCUT2D eigenvalue weighted by molar-refractivity contribution is 7.09. The van der Waals surface area contributed by atoms with E-state index in [1.807, 2.05) is 17.5 Å². The first-order valence-electron chi connectivity index (χ1n) is 4.10. The smallest absolute Gasteiger partial charge is 0.233 e. The van der Waals surface area contributed by atoms with Crippen LogP contribution >= 0.6 is 34.5 Å². The van der Waals surface area contributed by atoms with Gasteiger partial charge in [0.2, 0.25) is 10.5 Å². The van der Waals surface area contributed by atoms with E-state index >= 15 is 0 Å². The van der Waals surface area contributed by atoms with Gasteiger partial charge in [-0.15, -0.1) is 11.3 Å². The van der Waals surface area contributed by atoms with E-state index in [4.69, 9.17) is 28.9 Å². The zero-order valence-corrected chi connectivity index (χ0v) is 10.4. The second-order valence-electron chi connectivity index (χ2n) is 2.61. The Morgan fingerprint density at radius 2 is 2.00 bits per heavy atom. The maximum atomic E-state index is 10.0. The van der Waals surface area contributed by atoms with Crippen LogP contribution in [0.1, 0.15) is 11.8 Å². The molecular formula is C9H11Cl2NO2S. The van der Waals surface area contributed by atoms with Crippen LogP contribution in [-0.4, -0.2) is 10.5 Å². The second kappa shape index (κ2) is 7.82. The van der Waals surface area contributed by atoms with E-state index in [0.29, 0.717) is 6.54 Å². The van der Waals surface area contributed by atoms with Crippen molar-refractivity contribution in [1.29, 1.82) is 0 Å². The Morgan fingerprint density at radius 1 is 1.47 bits per heavy atom. The number of hydrogen-bond donors (Lipinski definition) is 1. The molecule has 0 aliphatic carbocycles. The molecule has 0 radical (unpaired) electrons. The van der Waals surface area contributed by atoms with Gasteiger partial charge < -0.3 is 5.73 Å². The molecule has 0 bridgehead atoms. The first-order chi connectivity index (χ1) is 6.99. The molecule has 0 saturated heterocycles. The van der Waals surface area contributed by atoms with E-state index < -0.39 is 16.4 Å². The maximum Gasteiger partial charge on any atom is 0.233 e. The molecule has 0 amide bonds. The van der Waals surface area contributed by atoms with E-state index in [-0.39, 0.29) is 0 Å². The molecule has 84 valence electrons. The van der Waals surface area contributed by atoms with Crippen LogP contribution in [0.4, 0.5) is 0 Å². The summed E-state index contributed by atoms with van der Waals surface area (Å²) in [5.74, 6) is -0.877. The van der Waals surface area contributed by atoms with Gasteiger partial charge >= 0.3 is 0 Å². The average Bonchev–Trinajstić information content (AvgIpc) is 2.69. The van der Waals surface area contributed by atoms with E-state index in [1.165, 1.54) is 11.8 Å². The molecule has 1 aromatic heterocycles. The minimum absolute atomic E-state index is 0.678. The first kappa shape index (κ1) is 14.6. The van der Waals surface area contributed by atoms with Gasteiger partial charge in [0.1, 0.15) is 5.92 Å². The summed E-state index contributed by atoms with van der Waals surface area (Å²) in [4.78, 5) is 21.3. The Hall–Kier alpha value is -0.420. The first-order valence-corrected chi connectivity index (χ1v) is 5.73. The molecule has 1 heterocycles. The summed E-state index contributed by atoms with van der Waals surface area (Å²) in [6.07, 6.45) is 0. The van der Waals surface area contributed by atoms with Gasteiger partial charge in [-0.25, -0.2) is 0 Å². The largest absolute Gasteiger partial charge is 0.326 e. The molecular weight excluding hydrogens is 257 g/mol. The molecule has 1 rings (SSSR count). The van der Waals surface area contributed by atoms with Crippen LogP contribution in [-0.2, 0) is 16.1 Å². The van der Waals surface area contributed by atoms with Crippen molar-refractivity contribution in [2.75, 3.05) is 0 Å². The molecule has 0 spiro atoms. The third kappa shape index (κ3) is 6.62. The lowest BCUT2D eigenvalue weighted by molar-refractivity contribution is -0.123. The number of carbonyl (C=O) groups excluding carboxylic acids is 2. The van der Waals surface area contributed by atoms with Gasteiger partial charge in [0.25, 0.3) is 0 Å². The van der Waals surface area contributed by atoms with Crippen molar-refractivity contribution in [2.45, 2.75) is 13.5 Å². The fraction of sp³-hybridized carbons (Fsp3) is 0.333. The lowest BCUT2D eigenvalue weighted by Crippen LogP contribution is -2.10. The van der Waals surface area contributed by atoms with Crippen molar-refractivity contribution in [3.05, 3.63) is 22.4 Å². The molecule has 0 aromatic carbocycles. The highest BCUT2D eigenvalue weighted by Gasteiger charge is 2.15. The summed E-state index contributed by atoms with van der Waals surface area (Å²) >= 11 is 11.5. The van der Waals surface area contributed by atoms with Crippen molar-refractivity contribution in [3.63, 3.8) is 0 Å². The van der Waals surface area contributed by atoms with E-state index in [1.54, 1.807) is 11.3 Å². The lowest BCUT2D eigenvalue weighted by atomic mass is 10.2. The summed E-state index contributed by atoms with van der Waals surface area (Å²) in [7, 11) is 0. The van der Waals surface area contributed by atoms with Crippen LogP contribution in [0.3, 0.4) is 0 Å². The molecule has 0 aliphatic heterocycles. The standard InChI is InChI=1S/C5H7NS.C4H4Cl2O2/c6-4-5-2-1-3-7-5;1-2(3(5)7)4(6)8/h1-3H,4,6H2;2H,1H3. The Kier molecular flexibility index (Phi) is 7.60. The Balaban J connectivity index is 0.000000262. The summed E-state index contributed by atoms with van der Waals surface area (Å²) in [5.41, 5.74) is 5.30. The molecule has 3 nitrogen and oxygen atoms in total. The van der Waals surface area contributed by atoms with Gasteiger partial charge in [0.15, 0.2) is 0 Å². The fourth-order valence-electron chi connectivity index (χ4n) is 0.518. The summed E-state index contributed by atoms with van der Waals surface area (Å²) in [6.45, 7) is 2.03. The van der Waals surface area contributed by atoms with Gasteiger partial charge in [-0.2, -0.15) is 0 Å². The van der Waals surface area contributed by atoms with Crippen molar-refractivity contribution in [3.8, 4) is 0 Å². The Bertz CT molecular complexity index is 300. The third-order valence-electron chi connectivity index (χ3n) is 1.46. The van der Waals surface area contributed by atoms with Gasteiger partial charge in [0.05, 0.1) is 0 Å². The number of hydrogen-bond acceptors (Lipinski definition) is 4. The number of nitrogens with two attached hydrogens (primary N) is 1. The van der Waals surface area contributed by atoms with Crippen LogP contribution in [0.5, 0.6) is 0 Å². The predicted molar refractivity (Wildman–Crippen MR) is 63.1 cm³/mol. The highest BCUT2D eigenvalue weighted by Crippen LogP contribution is 2.05. The highest BCUT2D eigenvalue weighted by atomic mass is 35.5. The maximum absolute atomic E-state index is 10.0. The number of thiophene rings is 1. The summed E-state index contributed by atoms with van der Waals surface area (Å²) < 4.78 is 0. The minimum atomic E-state index is -0.877. The zero-order valence-electron chi connectivity index (χ0n) is 8.07. The Labute approximate surface area is 102 Å². The quantitative estimate of drug-likeness (QED) is 0.676. The van der Waals surface area contributed by atoms with Crippen molar-refractivity contribution in [2.24, 2.45) is 11.7 Å². The van der Waals surface area contributed by atoms with Crippen LogP contribution in [0, 0.1) is 5.92 Å². The van der Waals surface area contributed by atoms with Gasteiger partial charge in [-0.05, 0) is 41.6 Å². The average molecular weight is 268 g/mol. The normalized spacial score (nSPS) is 9.40. The SMILES string of the molecule is CC(C(=O)Cl)C(=O)Cl.NCc1cccs1. The van der Waals surface area contributed by atoms with Gasteiger partial charge in [-0.1, -0.05) is 6.07 Å². The van der Waals surface area contributed by atoms with Crippen LogP contribution < -0.4 is 5.73 Å². The molecule has 0 fully saturated rings. The number of rotatable bonds is 3. The number of halogens is 2. The monoisotopic (exact) mass is 267 g/mol. The van der Waals surface area contributed by atoms with Crippen LogP contribution in [0.25, 0.3) is 0 Å². The lowest BCUT2D eigenvalue weighted by Gasteiger charge is -1.93. The zero-order chi connectivity index (χ0) is 11.8. The molecule has 1 aromatic rings.